The molecule has 2 rings (SSSR count). The summed E-state index contributed by atoms with van der Waals surface area (Å²) in [6, 6.07) is 4.16. The lowest BCUT2D eigenvalue weighted by molar-refractivity contribution is 0.0678. The van der Waals surface area contributed by atoms with Gasteiger partial charge in [-0.15, -0.1) is 0 Å². The predicted molar refractivity (Wildman–Crippen MR) is 72.6 cm³/mol. The Bertz CT molecular complexity index is 552. The van der Waals surface area contributed by atoms with Gasteiger partial charge in [-0.1, -0.05) is 17.7 Å². The van der Waals surface area contributed by atoms with E-state index in [2.05, 4.69) is 12.1 Å². The number of aliphatic hydroxyl groups is 1. The molecule has 4 heteroatoms. The van der Waals surface area contributed by atoms with E-state index in [9.17, 15) is 13.5 Å². The van der Waals surface area contributed by atoms with Crippen molar-refractivity contribution in [3.05, 3.63) is 34.4 Å². The van der Waals surface area contributed by atoms with Crippen molar-refractivity contribution in [2.75, 3.05) is 11.5 Å². The largest absolute Gasteiger partial charge is 0.388 e. The fourth-order valence-electron chi connectivity index (χ4n) is 2.86. The fourth-order valence-corrected chi connectivity index (χ4v) is 4.76. The van der Waals surface area contributed by atoms with Crippen LogP contribution in [0.4, 0.5) is 0 Å². The monoisotopic (exact) mass is 268 g/mol. The van der Waals surface area contributed by atoms with E-state index in [-0.39, 0.29) is 11.5 Å². The van der Waals surface area contributed by atoms with Gasteiger partial charge in [0.1, 0.15) is 0 Å². The summed E-state index contributed by atoms with van der Waals surface area (Å²) in [5, 5.41) is 10.4. The van der Waals surface area contributed by atoms with Crippen molar-refractivity contribution in [1.29, 1.82) is 0 Å². The van der Waals surface area contributed by atoms with Gasteiger partial charge in [0.2, 0.25) is 0 Å². The van der Waals surface area contributed by atoms with E-state index < -0.39 is 15.4 Å². The Morgan fingerprint density at radius 3 is 2.22 bits per heavy atom. The van der Waals surface area contributed by atoms with Crippen molar-refractivity contribution in [1.82, 2.24) is 0 Å². The van der Waals surface area contributed by atoms with Gasteiger partial charge in [0, 0.05) is 6.42 Å². The van der Waals surface area contributed by atoms with Gasteiger partial charge in [0.15, 0.2) is 9.84 Å². The van der Waals surface area contributed by atoms with Crippen LogP contribution in [0.15, 0.2) is 12.1 Å². The molecule has 1 saturated heterocycles. The van der Waals surface area contributed by atoms with Crippen molar-refractivity contribution in [3.63, 3.8) is 0 Å². The summed E-state index contributed by atoms with van der Waals surface area (Å²) >= 11 is 0. The van der Waals surface area contributed by atoms with E-state index in [1.54, 1.807) is 0 Å². The minimum absolute atomic E-state index is 0.104. The van der Waals surface area contributed by atoms with E-state index in [0.717, 1.165) is 16.7 Å². The maximum Gasteiger partial charge on any atom is 0.153 e. The zero-order valence-electron chi connectivity index (χ0n) is 11.2. The number of benzene rings is 1. The Labute approximate surface area is 109 Å². The summed E-state index contributed by atoms with van der Waals surface area (Å²) in [7, 11) is -3.06. The fraction of sp³-hybridized carbons (Fsp3) is 0.571. The molecular weight excluding hydrogens is 248 g/mol. The lowest BCUT2D eigenvalue weighted by Crippen LogP contribution is -2.33. The first-order valence-corrected chi connectivity index (χ1v) is 8.02. The van der Waals surface area contributed by atoms with Crippen LogP contribution in [0.3, 0.4) is 0 Å². The first-order chi connectivity index (χ1) is 8.21. The summed E-state index contributed by atoms with van der Waals surface area (Å²) in [6.45, 7) is 6.07. The zero-order chi connectivity index (χ0) is 13.6. The van der Waals surface area contributed by atoms with Gasteiger partial charge in [0.25, 0.3) is 0 Å². The lowest BCUT2D eigenvalue weighted by atomic mass is 9.88. The first-order valence-electron chi connectivity index (χ1n) is 6.20. The van der Waals surface area contributed by atoms with Crippen molar-refractivity contribution in [2.24, 2.45) is 0 Å². The van der Waals surface area contributed by atoms with Gasteiger partial charge in [-0.3, -0.25) is 0 Å². The molecule has 1 fully saturated rings. The van der Waals surface area contributed by atoms with Crippen LogP contribution in [0, 0.1) is 20.8 Å². The molecule has 0 saturated carbocycles. The molecule has 1 unspecified atom stereocenters. The van der Waals surface area contributed by atoms with Gasteiger partial charge < -0.3 is 5.11 Å². The standard InChI is InChI=1S/C14H20O3S/c1-10-6-11(2)13(12(3)7-10)8-14(15)4-5-18(16,17)9-14/h6-7,15H,4-5,8-9H2,1-3H3. The summed E-state index contributed by atoms with van der Waals surface area (Å²) in [5.41, 5.74) is 3.46. The maximum atomic E-state index is 11.5. The van der Waals surface area contributed by atoms with E-state index in [1.165, 1.54) is 5.56 Å². The Morgan fingerprint density at radius 1 is 1.22 bits per heavy atom. The molecule has 1 aromatic rings. The van der Waals surface area contributed by atoms with E-state index in [1.807, 2.05) is 20.8 Å². The third-order valence-electron chi connectivity index (χ3n) is 3.71. The van der Waals surface area contributed by atoms with E-state index in [4.69, 9.17) is 0 Å². The molecule has 1 atom stereocenters. The molecule has 3 nitrogen and oxygen atoms in total. The normalized spacial score (nSPS) is 26.4. The van der Waals surface area contributed by atoms with E-state index in [0.29, 0.717) is 12.8 Å². The molecule has 0 aliphatic carbocycles. The minimum atomic E-state index is -3.06. The lowest BCUT2D eigenvalue weighted by Gasteiger charge is -2.23. The molecule has 1 aliphatic rings. The van der Waals surface area contributed by atoms with Crippen molar-refractivity contribution >= 4 is 9.84 Å². The number of aryl methyl sites for hydroxylation is 3. The van der Waals surface area contributed by atoms with E-state index >= 15 is 0 Å². The molecule has 0 aromatic heterocycles. The molecule has 0 amide bonds. The second kappa shape index (κ2) is 4.35. The summed E-state index contributed by atoms with van der Waals surface area (Å²) in [4.78, 5) is 0. The summed E-state index contributed by atoms with van der Waals surface area (Å²) < 4.78 is 23.0. The highest BCUT2D eigenvalue weighted by molar-refractivity contribution is 7.91. The predicted octanol–water partition coefficient (Wildman–Crippen LogP) is 1.70. The highest BCUT2D eigenvalue weighted by Crippen LogP contribution is 2.30. The average Bonchev–Trinajstić information content (AvgIpc) is 2.47. The van der Waals surface area contributed by atoms with Gasteiger partial charge in [-0.25, -0.2) is 8.42 Å². The minimum Gasteiger partial charge on any atom is -0.388 e. The topological polar surface area (TPSA) is 54.4 Å². The van der Waals surface area contributed by atoms with Crippen molar-refractivity contribution in [2.45, 2.75) is 39.2 Å². The van der Waals surface area contributed by atoms with Crippen molar-refractivity contribution in [3.8, 4) is 0 Å². The summed E-state index contributed by atoms with van der Waals surface area (Å²) in [5.74, 6) is 0.000211. The maximum absolute atomic E-state index is 11.5. The van der Waals surface area contributed by atoms with Crippen molar-refractivity contribution < 1.29 is 13.5 Å². The molecule has 0 radical (unpaired) electrons. The number of sulfone groups is 1. The van der Waals surface area contributed by atoms with Crippen LogP contribution >= 0.6 is 0 Å². The molecule has 1 aromatic carbocycles. The van der Waals surface area contributed by atoms with Gasteiger partial charge in [-0.05, 0) is 43.9 Å². The molecule has 0 spiro atoms. The Morgan fingerprint density at radius 2 is 1.78 bits per heavy atom. The Hall–Kier alpha value is -0.870. The molecule has 0 bridgehead atoms. The van der Waals surface area contributed by atoms with Crippen LogP contribution in [0.25, 0.3) is 0 Å². The number of rotatable bonds is 2. The van der Waals surface area contributed by atoms with Crippen LogP contribution in [-0.2, 0) is 16.3 Å². The van der Waals surface area contributed by atoms with Gasteiger partial charge in [0.05, 0.1) is 17.1 Å². The van der Waals surface area contributed by atoms with Crippen LogP contribution < -0.4 is 0 Å². The third-order valence-corrected chi connectivity index (χ3v) is 5.52. The molecule has 100 valence electrons. The van der Waals surface area contributed by atoms with Crippen LogP contribution in [0.2, 0.25) is 0 Å². The van der Waals surface area contributed by atoms with Crippen LogP contribution in [0.1, 0.15) is 28.7 Å². The number of hydrogen-bond donors (Lipinski definition) is 1. The Balaban J connectivity index is 2.31. The molecular formula is C14H20O3S. The Kier molecular flexibility index (Phi) is 3.28. The highest BCUT2D eigenvalue weighted by atomic mass is 32.2. The first kappa shape index (κ1) is 13.6. The second-order valence-corrected chi connectivity index (χ2v) is 7.80. The smallest absolute Gasteiger partial charge is 0.153 e. The molecule has 1 N–H and O–H groups in total. The zero-order valence-corrected chi connectivity index (χ0v) is 12.0. The SMILES string of the molecule is Cc1cc(C)c(CC2(O)CCS(=O)(=O)C2)c(C)c1. The highest BCUT2D eigenvalue weighted by Gasteiger charge is 2.40. The van der Waals surface area contributed by atoms with Crippen LogP contribution in [-0.4, -0.2) is 30.6 Å². The van der Waals surface area contributed by atoms with Gasteiger partial charge >= 0.3 is 0 Å². The van der Waals surface area contributed by atoms with Crippen LogP contribution in [0.5, 0.6) is 0 Å². The number of hydrogen-bond acceptors (Lipinski definition) is 3. The molecule has 1 heterocycles. The molecule has 1 aliphatic heterocycles. The average molecular weight is 268 g/mol. The quantitative estimate of drug-likeness (QED) is 0.888. The second-order valence-electron chi connectivity index (χ2n) is 5.62. The molecule has 18 heavy (non-hydrogen) atoms. The van der Waals surface area contributed by atoms with Gasteiger partial charge in [-0.2, -0.15) is 0 Å². The summed E-state index contributed by atoms with van der Waals surface area (Å²) in [6.07, 6.45) is 0.784. The third kappa shape index (κ3) is 2.75.